The summed E-state index contributed by atoms with van der Waals surface area (Å²) in [5.74, 6) is 0. The summed E-state index contributed by atoms with van der Waals surface area (Å²) in [6.45, 7) is 10.3. The number of hydrogen-bond donors (Lipinski definition) is 0. The van der Waals surface area contributed by atoms with Gasteiger partial charge in [-0.1, -0.05) is 49.1 Å². The second-order valence-corrected chi connectivity index (χ2v) is 5.57. The van der Waals surface area contributed by atoms with Crippen molar-refractivity contribution in [1.82, 2.24) is 0 Å². The zero-order valence-corrected chi connectivity index (χ0v) is 13.6. The highest BCUT2D eigenvalue weighted by molar-refractivity contribution is 5.80. The number of hydrogen-bond acceptors (Lipinski definition) is 1. The smallest absolute Gasteiger partial charge is 0.0514 e. The zero-order valence-electron chi connectivity index (χ0n) is 13.6. The summed E-state index contributed by atoms with van der Waals surface area (Å²) in [5.41, 5.74) is 8.08. The zero-order chi connectivity index (χ0) is 15.4. The monoisotopic (exact) mass is 279 g/mol. The largest absolute Gasteiger partial charge is 0.347 e. The number of benzene rings is 1. The molecule has 0 radical (unpaired) electrons. The Bertz CT molecular complexity index is 629. The van der Waals surface area contributed by atoms with Gasteiger partial charge in [-0.15, -0.1) is 0 Å². The number of aryl methyl sites for hydroxylation is 1. The molecule has 1 nitrogen and oxygen atoms in total. The Morgan fingerprint density at radius 2 is 2.05 bits per heavy atom. The van der Waals surface area contributed by atoms with Gasteiger partial charge in [-0.25, -0.2) is 0 Å². The van der Waals surface area contributed by atoms with Crippen LogP contribution >= 0.6 is 0 Å². The van der Waals surface area contributed by atoms with Crippen molar-refractivity contribution in [1.29, 1.82) is 0 Å². The molecule has 0 atom stereocenters. The molecule has 2 rings (SSSR count). The first-order chi connectivity index (χ1) is 10.1. The fourth-order valence-electron chi connectivity index (χ4n) is 3.01. The average molecular weight is 279 g/mol. The minimum absolute atomic E-state index is 1.09. The highest BCUT2D eigenvalue weighted by atomic mass is 15.1. The summed E-state index contributed by atoms with van der Waals surface area (Å²) in [6, 6.07) is 6.62. The number of para-hydroxylation sites is 1. The van der Waals surface area contributed by atoms with Crippen LogP contribution in [0.5, 0.6) is 0 Å². The first-order valence-electron chi connectivity index (χ1n) is 7.58. The maximum absolute atomic E-state index is 3.82. The fourth-order valence-corrected chi connectivity index (χ4v) is 3.01. The molecule has 1 heterocycles. The van der Waals surface area contributed by atoms with Gasteiger partial charge >= 0.3 is 0 Å². The van der Waals surface area contributed by atoms with Crippen molar-refractivity contribution in [3.05, 3.63) is 71.5 Å². The lowest BCUT2D eigenvalue weighted by atomic mass is 9.97. The normalized spacial score (nSPS) is 16.2. The molecule has 1 aromatic carbocycles. The highest BCUT2D eigenvalue weighted by Crippen LogP contribution is 2.37. The van der Waals surface area contributed by atoms with Gasteiger partial charge in [0.05, 0.1) is 5.69 Å². The molecule has 1 aliphatic rings. The van der Waals surface area contributed by atoms with Gasteiger partial charge in [0.15, 0.2) is 0 Å². The van der Waals surface area contributed by atoms with Crippen LogP contribution in [0.2, 0.25) is 0 Å². The molecule has 0 aromatic heterocycles. The van der Waals surface area contributed by atoms with Crippen LogP contribution in [0.1, 0.15) is 38.3 Å². The van der Waals surface area contributed by atoms with Crippen LogP contribution in [0.25, 0.3) is 5.57 Å². The van der Waals surface area contributed by atoms with E-state index in [1.54, 1.807) is 0 Å². The summed E-state index contributed by atoms with van der Waals surface area (Å²) >= 11 is 0. The lowest BCUT2D eigenvalue weighted by Crippen LogP contribution is -2.17. The molecule has 0 fully saturated rings. The van der Waals surface area contributed by atoms with E-state index in [9.17, 15) is 0 Å². The molecule has 0 saturated heterocycles. The predicted molar refractivity (Wildman–Crippen MR) is 94.5 cm³/mol. The van der Waals surface area contributed by atoms with Gasteiger partial charge in [0.2, 0.25) is 0 Å². The number of anilines is 1. The van der Waals surface area contributed by atoms with Crippen molar-refractivity contribution >= 4 is 11.3 Å². The molecule has 0 aliphatic carbocycles. The van der Waals surface area contributed by atoms with Gasteiger partial charge in [-0.3, -0.25) is 0 Å². The Morgan fingerprint density at radius 1 is 1.29 bits per heavy atom. The van der Waals surface area contributed by atoms with Gasteiger partial charge in [-0.05, 0) is 50.3 Å². The Hall–Kier alpha value is -2.02. The highest BCUT2D eigenvalue weighted by Gasteiger charge is 2.19. The molecule has 1 heteroatoms. The predicted octanol–water partition coefficient (Wildman–Crippen LogP) is 5.51. The van der Waals surface area contributed by atoms with Crippen molar-refractivity contribution in [2.45, 2.75) is 33.6 Å². The van der Waals surface area contributed by atoms with Gasteiger partial charge < -0.3 is 4.90 Å². The van der Waals surface area contributed by atoms with E-state index >= 15 is 0 Å². The molecule has 110 valence electrons. The summed E-state index contributed by atoms with van der Waals surface area (Å²) in [4.78, 5) is 2.34. The molecule has 21 heavy (non-hydrogen) atoms. The summed E-state index contributed by atoms with van der Waals surface area (Å²) in [6.07, 6.45) is 10.5. The lowest BCUT2D eigenvalue weighted by molar-refractivity contribution is 0.966. The minimum Gasteiger partial charge on any atom is -0.347 e. The van der Waals surface area contributed by atoms with Crippen LogP contribution < -0.4 is 4.90 Å². The number of allylic oxidation sites excluding steroid dienone is 7. The molecular weight excluding hydrogens is 254 g/mol. The van der Waals surface area contributed by atoms with E-state index in [0.29, 0.717) is 0 Å². The van der Waals surface area contributed by atoms with E-state index in [1.807, 2.05) is 6.08 Å². The Balaban J connectivity index is 2.61. The van der Waals surface area contributed by atoms with Crippen LogP contribution in [0.4, 0.5) is 5.69 Å². The van der Waals surface area contributed by atoms with Gasteiger partial charge in [0.1, 0.15) is 0 Å². The van der Waals surface area contributed by atoms with E-state index in [2.05, 4.69) is 75.7 Å². The first kappa shape index (κ1) is 15.4. The van der Waals surface area contributed by atoms with Crippen molar-refractivity contribution in [3.8, 4) is 0 Å². The second-order valence-electron chi connectivity index (χ2n) is 5.57. The van der Waals surface area contributed by atoms with Crippen molar-refractivity contribution in [2.75, 3.05) is 11.9 Å². The lowest BCUT2D eigenvalue weighted by Gasteiger charge is -2.25. The summed E-state index contributed by atoms with van der Waals surface area (Å²) in [5, 5.41) is 0. The van der Waals surface area contributed by atoms with Crippen LogP contribution in [0.15, 0.2) is 60.4 Å². The van der Waals surface area contributed by atoms with Crippen molar-refractivity contribution in [2.24, 2.45) is 0 Å². The summed E-state index contributed by atoms with van der Waals surface area (Å²) < 4.78 is 0. The Kier molecular flexibility index (Phi) is 4.85. The maximum atomic E-state index is 3.82. The molecule has 0 bridgehead atoms. The summed E-state index contributed by atoms with van der Waals surface area (Å²) in [7, 11) is 2.17. The van der Waals surface area contributed by atoms with E-state index < -0.39 is 0 Å². The minimum atomic E-state index is 1.09. The Labute approximate surface area is 129 Å². The third-order valence-electron chi connectivity index (χ3n) is 4.25. The first-order valence-corrected chi connectivity index (χ1v) is 7.58. The van der Waals surface area contributed by atoms with Gasteiger partial charge in [0, 0.05) is 18.3 Å². The number of nitrogens with zero attached hydrogens (tertiary/aromatic N) is 1. The van der Waals surface area contributed by atoms with Gasteiger partial charge in [-0.2, -0.15) is 0 Å². The van der Waals surface area contributed by atoms with Gasteiger partial charge in [0.25, 0.3) is 0 Å². The van der Waals surface area contributed by atoms with E-state index in [1.165, 1.54) is 33.7 Å². The maximum Gasteiger partial charge on any atom is 0.0514 e. The quantitative estimate of drug-likeness (QED) is 0.659. The molecule has 1 aromatic rings. The molecule has 0 spiro atoms. The molecule has 0 saturated carbocycles. The fraction of sp³-hybridized carbons (Fsp3) is 0.300. The van der Waals surface area contributed by atoms with Crippen LogP contribution in [0, 0.1) is 0 Å². The van der Waals surface area contributed by atoms with Crippen LogP contribution in [-0.2, 0) is 6.42 Å². The third-order valence-corrected chi connectivity index (χ3v) is 4.25. The number of rotatable bonds is 3. The third kappa shape index (κ3) is 3.02. The number of fused-ring (bicyclic) bond motifs is 1. The molecule has 0 N–H and O–H groups in total. The van der Waals surface area contributed by atoms with Crippen molar-refractivity contribution < 1.29 is 0 Å². The van der Waals surface area contributed by atoms with E-state index in [4.69, 9.17) is 0 Å². The molecule has 0 unspecified atom stereocenters. The van der Waals surface area contributed by atoms with E-state index in [-0.39, 0.29) is 0 Å². The second kappa shape index (κ2) is 6.62. The SMILES string of the molecule is C=CC=C(C)c1cccc2c1N(C)C(C)=C(C=CC)CC2. The average Bonchev–Trinajstić information content (AvgIpc) is 2.60. The van der Waals surface area contributed by atoms with Crippen LogP contribution in [0.3, 0.4) is 0 Å². The topological polar surface area (TPSA) is 3.24 Å². The Morgan fingerprint density at radius 3 is 2.71 bits per heavy atom. The van der Waals surface area contributed by atoms with Crippen LogP contribution in [-0.4, -0.2) is 7.05 Å². The molecular formula is C20H25N. The van der Waals surface area contributed by atoms with Crippen molar-refractivity contribution in [3.63, 3.8) is 0 Å². The standard InChI is InChI=1S/C20H25N/c1-6-9-15(3)19-12-8-11-18-14-13-17(10-7-2)16(4)21(5)20(18)19/h6-12H,1,13-14H2,2-5H3. The van der Waals surface area contributed by atoms with E-state index in [0.717, 1.165) is 12.8 Å². The molecule has 0 amide bonds. The molecule has 1 aliphatic heterocycles.